The van der Waals surface area contributed by atoms with Crippen LogP contribution in [-0.2, 0) is 0 Å². The van der Waals surface area contributed by atoms with Gasteiger partial charge in [0.25, 0.3) is 5.92 Å². The second kappa shape index (κ2) is 4.49. The molecule has 0 unspecified atom stereocenters. The van der Waals surface area contributed by atoms with Crippen molar-refractivity contribution < 1.29 is 23.7 Å². The molecule has 2 atom stereocenters. The van der Waals surface area contributed by atoms with Crippen molar-refractivity contribution in [2.75, 3.05) is 0 Å². The molecule has 2 rings (SSSR count). The Morgan fingerprint density at radius 3 is 2.47 bits per heavy atom. The highest BCUT2D eigenvalue weighted by Crippen LogP contribution is 2.36. The van der Waals surface area contributed by atoms with Crippen LogP contribution in [0.15, 0.2) is 24.3 Å². The van der Waals surface area contributed by atoms with Gasteiger partial charge in [0.15, 0.2) is 6.10 Å². The molecule has 0 aliphatic heterocycles. The van der Waals surface area contributed by atoms with Gasteiger partial charge in [0, 0.05) is 6.42 Å². The number of benzene rings is 1. The lowest BCUT2D eigenvalue weighted by Gasteiger charge is -2.35. The van der Waals surface area contributed by atoms with Gasteiger partial charge in [-0.05, 0) is 37.1 Å². The highest BCUT2D eigenvalue weighted by Gasteiger charge is 2.48. The molecule has 1 fully saturated rings. The average Bonchev–Trinajstić information content (AvgIpc) is 2.26. The molecular formula is C12H14F2O3. The smallest absolute Gasteiger partial charge is 0.286 e. The Labute approximate surface area is 97.6 Å². The van der Waals surface area contributed by atoms with E-state index in [2.05, 4.69) is 0 Å². The van der Waals surface area contributed by atoms with E-state index in [-0.39, 0.29) is 17.9 Å². The van der Waals surface area contributed by atoms with Crippen molar-refractivity contribution in [2.24, 2.45) is 0 Å². The molecule has 1 saturated carbocycles. The number of alkyl halides is 2. The quantitative estimate of drug-likeness (QED) is 0.839. The van der Waals surface area contributed by atoms with Gasteiger partial charge in [-0.1, -0.05) is 0 Å². The molecule has 0 saturated heterocycles. The molecule has 0 spiro atoms. The van der Waals surface area contributed by atoms with E-state index in [4.69, 9.17) is 9.84 Å². The maximum atomic E-state index is 13.5. The van der Waals surface area contributed by atoms with Crippen LogP contribution in [0.1, 0.15) is 19.3 Å². The minimum atomic E-state index is -3.02. The second-order valence-electron chi connectivity index (χ2n) is 4.25. The van der Waals surface area contributed by atoms with Crippen LogP contribution in [0.3, 0.4) is 0 Å². The molecule has 3 nitrogen and oxygen atoms in total. The molecule has 0 radical (unpaired) electrons. The van der Waals surface area contributed by atoms with Crippen molar-refractivity contribution in [3.63, 3.8) is 0 Å². The molecule has 1 aliphatic carbocycles. The van der Waals surface area contributed by atoms with E-state index in [0.29, 0.717) is 12.8 Å². The number of phenols is 1. The van der Waals surface area contributed by atoms with E-state index in [1.807, 2.05) is 0 Å². The summed E-state index contributed by atoms with van der Waals surface area (Å²) in [5.74, 6) is -2.77. The third kappa shape index (κ3) is 2.66. The first-order valence-electron chi connectivity index (χ1n) is 5.50. The lowest BCUT2D eigenvalue weighted by atomic mass is 9.91. The minimum Gasteiger partial charge on any atom is -0.508 e. The Morgan fingerprint density at radius 2 is 1.88 bits per heavy atom. The van der Waals surface area contributed by atoms with Crippen LogP contribution in [0.4, 0.5) is 8.78 Å². The van der Waals surface area contributed by atoms with Crippen LogP contribution >= 0.6 is 0 Å². The third-order valence-corrected chi connectivity index (χ3v) is 2.88. The van der Waals surface area contributed by atoms with Crippen LogP contribution in [0.5, 0.6) is 11.5 Å². The number of aromatic hydroxyl groups is 1. The Bertz CT molecular complexity index is 378. The van der Waals surface area contributed by atoms with Gasteiger partial charge in [-0.2, -0.15) is 0 Å². The van der Waals surface area contributed by atoms with Crippen molar-refractivity contribution in [3.05, 3.63) is 24.3 Å². The Balaban J connectivity index is 2.12. The standard InChI is InChI=1S/C12H14F2O3/c13-12(14)7-1-2-10(16)11(12)17-9-5-3-8(15)4-6-9/h3-6,10-11,15-16H,1-2,7H2/t10-,11+/m0/s1. The number of halogens is 2. The van der Waals surface area contributed by atoms with Crippen molar-refractivity contribution >= 4 is 0 Å². The van der Waals surface area contributed by atoms with E-state index in [0.717, 1.165) is 0 Å². The number of hydrogen-bond donors (Lipinski definition) is 2. The summed E-state index contributed by atoms with van der Waals surface area (Å²) < 4.78 is 32.2. The summed E-state index contributed by atoms with van der Waals surface area (Å²) in [4.78, 5) is 0. The maximum Gasteiger partial charge on any atom is 0.286 e. The fourth-order valence-corrected chi connectivity index (χ4v) is 1.96. The first-order valence-corrected chi connectivity index (χ1v) is 5.50. The molecule has 94 valence electrons. The van der Waals surface area contributed by atoms with E-state index in [9.17, 15) is 13.9 Å². The number of aliphatic hydroxyl groups is 1. The Kier molecular flexibility index (Phi) is 3.19. The zero-order valence-corrected chi connectivity index (χ0v) is 9.14. The van der Waals surface area contributed by atoms with Gasteiger partial charge in [0.1, 0.15) is 11.5 Å². The molecule has 1 aliphatic rings. The van der Waals surface area contributed by atoms with Gasteiger partial charge in [-0.15, -0.1) is 0 Å². The van der Waals surface area contributed by atoms with Crippen molar-refractivity contribution in [1.82, 2.24) is 0 Å². The molecule has 1 aromatic rings. The number of hydrogen-bond acceptors (Lipinski definition) is 3. The number of aliphatic hydroxyl groups excluding tert-OH is 1. The highest BCUT2D eigenvalue weighted by atomic mass is 19.3. The summed E-state index contributed by atoms with van der Waals surface area (Å²) in [5, 5.41) is 18.6. The molecule has 5 heteroatoms. The summed E-state index contributed by atoms with van der Waals surface area (Å²) in [7, 11) is 0. The topological polar surface area (TPSA) is 49.7 Å². The average molecular weight is 244 g/mol. The van der Waals surface area contributed by atoms with Crippen molar-refractivity contribution in [3.8, 4) is 11.5 Å². The minimum absolute atomic E-state index is 0.0355. The van der Waals surface area contributed by atoms with E-state index >= 15 is 0 Å². The molecule has 2 N–H and O–H groups in total. The fraction of sp³-hybridized carbons (Fsp3) is 0.500. The number of ether oxygens (including phenoxy) is 1. The van der Waals surface area contributed by atoms with Gasteiger partial charge >= 0.3 is 0 Å². The lowest BCUT2D eigenvalue weighted by Crippen LogP contribution is -2.50. The van der Waals surface area contributed by atoms with Gasteiger partial charge in [-0.25, -0.2) is 8.78 Å². The zero-order valence-electron chi connectivity index (χ0n) is 9.14. The summed E-state index contributed by atoms with van der Waals surface area (Å²) in [5.41, 5.74) is 0. The van der Waals surface area contributed by atoms with Crippen LogP contribution in [-0.4, -0.2) is 28.3 Å². The zero-order chi connectivity index (χ0) is 12.5. The SMILES string of the molecule is Oc1ccc(O[C@@H]2[C@@H](O)CCCC2(F)F)cc1. The van der Waals surface area contributed by atoms with Gasteiger partial charge in [0.05, 0.1) is 6.10 Å². The molecule has 17 heavy (non-hydrogen) atoms. The predicted molar refractivity (Wildman–Crippen MR) is 57.3 cm³/mol. The van der Waals surface area contributed by atoms with Crippen LogP contribution in [0, 0.1) is 0 Å². The number of phenolic OH excluding ortho intramolecular Hbond substituents is 1. The molecule has 0 bridgehead atoms. The molecule has 1 aromatic carbocycles. The summed E-state index contributed by atoms with van der Waals surface area (Å²) in [6.45, 7) is 0. The monoisotopic (exact) mass is 244 g/mol. The van der Waals surface area contributed by atoms with Gasteiger partial charge < -0.3 is 14.9 Å². The first-order chi connectivity index (χ1) is 7.99. The second-order valence-corrected chi connectivity index (χ2v) is 4.25. The van der Waals surface area contributed by atoms with Crippen molar-refractivity contribution in [1.29, 1.82) is 0 Å². The fourth-order valence-electron chi connectivity index (χ4n) is 1.96. The van der Waals surface area contributed by atoms with Crippen LogP contribution in [0.2, 0.25) is 0 Å². The lowest BCUT2D eigenvalue weighted by molar-refractivity contribution is -0.163. The maximum absolute atomic E-state index is 13.5. The summed E-state index contributed by atoms with van der Waals surface area (Å²) in [6, 6.07) is 5.49. The Hall–Kier alpha value is -1.36. The van der Waals surface area contributed by atoms with Crippen LogP contribution in [0.25, 0.3) is 0 Å². The Morgan fingerprint density at radius 1 is 1.24 bits per heavy atom. The van der Waals surface area contributed by atoms with E-state index in [1.165, 1.54) is 24.3 Å². The highest BCUT2D eigenvalue weighted by molar-refractivity contribution is 5.30. The van der Waals surface area contributed by atoms with Crippen molar-refractivity contribution in [2.45, 2.75) is 37.4 Å². The molecular weight excluding hydrogens is 230 g/mol. The van der Waals surface area contributed by atoms with E-state index < -0.39 is 18.1 Å². The summed E-state index contributed by atoms with van der Waals surface area (Å²) >= 11 is 0. The normalized spacial score (nSPS) is 27.7. The molecule has 0 aromatic heterocycles. The predicted octanol–water partition coefficient (Wildman–Crippen LogP) is 2.32. The largest absolute Gasteiger partial charge is 0.508 e. The van der Waals surface area contributed by atoms with Gasteiger partial charge in [-0.3, -0.25) is 0 Å². The first kappa shape index (κ1) is 12.1. The molecule has 0 heterocycles. The third-order valence-electron chi connectivity index (χ3n) is 2.88. The van der Waals surface area contributed by atoms with Gasteiger partial charge in [0.2, 0.25) is 0 Å². The summed E-state index contributed by atoms with van der Waals surface area (Å²) in [6.07, 6.45) is -2.33. The number of rotatable bonds is 2. The van der Waals surface area contributed by atoms with E-state index in [1.54, 1.807) is 0 Å². The molecule has 0 amide bonds. The van der Waals surface area contributed by atoms with Crippen LogP contribution < -0.4 is 4.74 Å².